The van der Waals surface area contributed by atoms with E-state index < -0.39 is 11.9 Å². The van der Waals surface area contributed by atoms with E-state index in [0.29, 0.717) is 24.8 Å². The average molecular weight is 356 g/mol. The van der Waals surface area contributed by atoms with E-state index in [2.05, 4.69) is 11.8 Å². The van der Waals surface area contributed by atoms with E-state index in [4.69, 9.17) is 9.84 Å². The molecule has 1 aliphatic rings. The molecule has 0 saturated heterocycles. The molecule has 0 unspecified atom stereocenters. The third kappa shape index (κ3) is 4.26. The summed E-state index contributed by atoms with van der Waals surface area (Å²) in [5, 5.41) is 19.5. The Balaban J connectivity index is 2.43. The summed E-state index contributed by atoms with van der Waals surface area (Å²) in [6, 6.07) is 0. The summed E-state index contributed by atoms with van der Waals surface area (Å²) in [4.78, 5) is 22.7. The molecule has 0 bridgehead atoms. The van der Waals surface area contributed by atoms with E-state index in [-0.39, 0.29) is 24.3 Å². The second-order valence-corrected chi connectivity index (χ2v) is 6.39. The molecule has 1 aromatic rings. The summed E-state index contributed by atoms with van der Waals surface area (Å²) >= 11 is 0. The van der Waals surface area contributed by atoms with Crippen LogP contribution in [0.1, 0.15) is 65.7 Å². The maximum atomic E-state index is 12.0. The van der Waals surface area contributed by atoms with Gasteiger partial charge < -0.3 is 14.9 Å². The summed E-state index contributed by atoms with van der Waals surface area (Å²) in [6.07, 6.45) is 4.08. The molecule has 1 aliphatic heterocycles. The molecule has 1 aromatic carbocycles. The Bertz CT molecular complexity index is 821. The molecule has 1 heterocycles. The number of allylic oxidation sites excluding steroid dienone is 2. The number of aromatic hydroxyl groups is 1. The molecule has 0 radical (unpaired) electrons. The monoisotopic (exact) mass is 356 g/mol. The maximum Gasteiger partial charge on any atom is 0.342 e. The molecule has 0 aromatic heterocycles. The van der Waals surface area contributed by atoms with Crippen LogP contribution < -0.4 is 0 Å². The van der Waals surface area contributed by atoms with Crippen LogP contribution in [0.5, 0.6) is 5.75 Å². The van der Waals surface area contributed by atoms with Crippen LogP contribution in [0.15, 0.2) is 11.6 Å². The number of esters is 1. The first-order valence-electron chi connectivity index (χ1n) is 8.73. The van der Waals surface area contributed by atoms with Crippen LogP contribution in [0.4, 0.5) is 0 Å². The Labute approximate surface area is 153 Å². The van der Waals surface area contributed by atoms with Crippen LogP contribution in [0.3, 0.4) is 0 Å². The van der Waals surface area contributed by atoms with Crippen molar-refractivity contribution in [1.29, 1.82) is 0 Å². The van der Waals surface area contributed by atoms with Gasteiger partial charge in [-0.15, -0.1) is 5.92 Å². The van der Waals surface area contributed by atoms with Crippen LogP contribution in [-0.2, 0) is 29.0 Å². The van der Waals surface area contributed by atoms with E-state index in [1.54, 1.807) is 0 Å². The number of hydrogen-bond acceptors (Lipinski definition) is 4. The van der Waals surface area contributed by atoms with Crippen molar-refractivity contribution in [3.63, 3.8) is 0 Å². The lowest BCUT2D eigenvalue weighted by Crippen LogP contribution is -2.05. The summed E-state index contributed by atoms with van der Waals surface area (Å²) in [6.45, 7) is 5.94. The van der Waals surface area contributed by atoms with E-state index in [1.165, 1.54) is 0 Å². The zero-order valence-electron chi connectivity index (χ0n) is 15.4. The quantitative estimate of drug-likeness (QED) is 0.461. The van der Waals surface area contributed by atoms with Gasteiger partial charge in [-0.1, -0.05) is 24.5 Å². The maximum absolute atomic E-state index is 12.0. The molecule has 0 saturated carbocycles. The Morgan fingerprint density at radius 2 is 2.00 bits per heavy atom. The number of carboxylic acid groups (broad SMARTS) is 1. The fourth-order valence-corrected chi connectivity index (χ4v) is 3.06. The van der Waals surface area contributed by atoms with Crippen molar-refractivity contribution in [3.05, 3.63) is 39.5 Å². The smallest absolute Gasteiger partial charge is 0.342 e. The summed E-state index contributed by atoms with van der Waals surface area (Å²) < 4.78 is 5.10. The van der Waals surface area contributed by atoms with Crippen LogP contribution in [0.25, 0.3) is 0 Å². The average Bonchev–Trinajstić information content (AvgIpc) is 2.99. The summed E-state index contributed by atoms with van der Waals surface area (Å²) in [7, 11) is 0. The standard InChI is InChI=1S/C21H24O5/c1-4-5-6-7-15-14(3)17-12-26-21(25)19(17)20(24)16(15)10-8-13(2)9-11-18(22)23/h8,24H,4,7,9-12H2,1-3H3,(H,22,23)/b13-8+. The topological polar surface area (TPSA) is 83.8 Å². The minimum absolute atomic E-state index is 0.0383. The van der Waals surface area contributed by atoms with Gasteiger partial charge in [0, 0.05) is 30.4 Å². The van der Waals surface area contributed by atoms with E-state index in [1.807, 2.05) is 26.8 Å². The zero-order valence-corrected chi connectivity index (χ0v) is 15.4. The van der Waals surface area contributed by atoms with Crippen molar-refractivity contribution in [2.75, 3.05) is 0 Å². The number of carboxylic acids is 1. The van der Waals surface area contributed by atoms with Crippen LogP contribution >= 0.6 is 0 Å². The number of ether oxygens (including phenoxy) is 1. The Kier molecular flexibility index (Phi) is 6.46. The molecule has 26 heavy (non-hydrogen) atoms. The molecule has 5 nitrogen and oxygen atoms in total. The van der Waals surface area contributed by atoms with Gasteiger partial charge >= 0.3 is 11.9 Å². The highest BCUT2D eigenvalue weighted by Gasteiger charge is 2.31. The molecular formula is C21H24O5. The van der Waals surface area contributed by atoms with Crippen LogP contribution in [0, 0.1) is 18.8 Å². The predicted molar refractivity (Wildman–Crippen MR) is 98.1 cm³/mol. The van der Waals surface area contributed by atoms with Gasteiger partial charge in [-0.3, -0.25) is 4.79 Å². The largest absolute Gasteiger partial charge is 0.507 e. The first-order chi connectivity index (χ1) is 12.4. The number of fused-ring (bicyclic) bond motifs is 1. The number of carbonyl (C=O) groups excluding carboxylic acids is 1. The molecule has 2 N–H and O–H groups in total. The molecule has 5 heteroatoms. The lowest BCUT2D eigenvalue weighted by molar-refractivity contribution is -0.136. The number of rotatable bonds is 6. The van der Waals surface area contributed by atoms with Gasteiger partial charge in [-0.05, 0) is 37.8 Å². The summed E-state index contributed by atoms with van der Waals surface area (Å²) in [5.74, 6) is 4.76. The van der Waals surface area contributed by atoms with Gasteiger partial charge in [-0.2, -0.15) is 0 Å². The van der Waals surface area contributed by atoms with Gasteiger partial charge in [0.1, 0.15) is 17.9 Å². The fraction of sp³-hybridized carbons (Fsp3) is 0.429. The molecular weight excluding hydrogens is 332 g/mol. The normalized spacial score (nSPS) is 13.0. The number of phenols is 1. The SMILES string of the molecule is CCC#CCc1c(C)c2c(c(O)c1C/C=C(\C)CCC(=O)O)C(=O)OC2. The van der Waals surface area contributed by atoms with Crippen LogP contribution in [0.2, 0.25) is 0 Å². The zero-order chi connectivity index (χ0) is 19.3. The van der Waals surface area contributed by atoms with Crippen molar-refractivity contribution < 1.29 is 24.5 Å². The molecule has 138 valence electrons. The fourth-order valence-electron chi connectivity index (χ4n) is 3.06. The molecule has 0 fully saturated rings. The number of benzene rings is 1. The van der Waals surface area contributed by atoms with Gasteiger partial charge in [0.25, 0.3) is 0 Å². The molecule has 0 spiro atoms. The highest BCUT2D eigenvalue weighted by atomic mass is 16.5. The number of aliphatic carboxylic acids is 1. The van der Waals surface area contributed by atoms with Gasteiger partial charge in [0.05, 0.1) is 0 Å². The number of hydrogen-bond donors (Lipinski definition) is 2. The third-order valence-corrected chi connectivity index (χ3v) is 4.60. The molecule has 0 amide bonds. The molecule has 0 aliphatic carbocycles. The second-order valence-electron chi connectivity index (χ2n) is 6.39. The van der Waals surface area contributed by atoms with Crippen molar-refractivity contribution in [2.24, 2.45) is 0 Å². The first kappa shape index (κ1) is 19.6. The van der Waals surface area contributed by atoms with Crippen molar-refractivity contribution >= 4 is 11.9 Å². The lowest BCUT2D eigenvalue weighted by atomic mass is 9.88. The van der Waals surface area contributed by atoms with Gasteiger partial charge in [0.15, 0.2) is 0 Å². The third-order valence-electron chi connectivity index (χ3n) is 4.60. The highest BCUT2D eigenvalue weighted by molar-refractivity contribution is 5.97. The number of phenolic OH excluding ortho intramolecular Hbond substituents is 1. The first-order valence-corrected chi connectivity index (χ1v) is 8.73. The second kappa shape index (κ2) is 8.57. The van der Waals surface area contributed by atoms with Gasteiger partial charge in [0.2, 0.25) is 0 Å². The van der Waals surface area contributed by atoms with E-state index in [0.717, 1.165) is 28.7 Å². The van der Waals surface area contributed by atoms with Crippen molar-refractivity contribution in [3.8, 4) is 17.6 Å². The van der Waals surface area contributed by atoms with E-state index in [9.17, 15) is 14.7 Å². The van der Waals surface area contributed by atoms with Crippen LogP contribution in [-0.4, -0.2) is 22.2 Å². The minimum Gasteiger partial charge on any atom is -0.507 e. The summed E-state index contributed by atoms with van der Waals surface area (Å²) in [5.41, 5.74) is 4.43. The lowest BCUT2D eigenvalue weighted by Gasteiger charge is -2.15. The Morgan fingerprint density at radius 1 is 1.27 bits per heavy atom. The highest BCUT2D eigenvalue weighted by Crippen LogP contribution is 2.38. The predicted octanol–water partition coefficient (Wildman–Crippen LogP) is 3.68. The van der Waals surface area contributed by atoms with E-state index >= 15 is 0 Å². The Hall–Kier alpha value is -2.74. The van der Waals surface area contributed by atoms with Crippen molar-refractivity contribution in [1.82, 2.24) is 0 Å². The number of cyclic esters (lactones) is 1. The molecule has 0 atom stereocenters. The van der Waals surface area contributed by atoms with Crippen molar-refractivity contribution in [2.45, 2.75) is 59.5 Å². The van der Waals surface area contributed by atoms with Gasteiger partial charge in [-0.25, -0.2) is 4.79 Å². The Morgan fingerprint density at radius 3 is 2.65 bits per heavy atom. The number of carbonyl (C=O) groups is 2. The molecule has 2 rings (SSSR count). The minimum atomic E-state index is -0.841.